The van der Waals surface area contributed by atoms with Crippen LogP contribution in [0.15, 0.2) is 78.9 Å². The van der Waals surface area contributed by atoms with E-state index in [0.717, 1.165) is 24.9 Å². The molecule has 1 heterocycles. The standard InChI is InChI=1S/C27H30N2/c1-20-13-14-26(21(2)15-20)28-18-24-25(19-28)27(24)29(16-22-9-5-3-6-10-22)17-23-11-7-4-8-12-23/h3-15,24-25,27H,16-19H2,1-2H3. The molecule has 0 aromatic heterocycles. The first kappa shape index (κ1) is 18.4. The summed E-state index contributed by atoms with van der Waals surface area (Å²) >= 11 is 0. The molecule has 1 aliphatic heterocycles. The normalized spacial score (nSPS) is 22.7. The maximum Gasteiger partial charge on any atom is 0.0396 e. The molecule has 2 nitrogen and oxygen atoms in total. The Bertz CT molecular complexity index is 913. The molecule has 3 aromatic carbocycles. The van der Waals surface area contributed by atoms with Crippen molar-refractivity contribution in [3.63, 3.8) is 0 Å². The fourth-order valence-corrected chi connectivity index (χ4v) is 5.30. The maximum absolute atomic E-state index is 2.72. The average Bonchev–Trinajstić information content (AvgIpc) is 3.22. The molecular weight excluding hydrogens is 352 g/mol. The quantitative estimate of drug-likeness (QED) is 0.560. The Hall–Kier alpha value is -2.58. The van der Waals surface area contributed by atoms with Gasteiger partial charge in [-0.2, -0.15) is 0 Å². The van der Waals surface area contributed by atoms with Crippen LogP contribution in [0.3, 0.4) is 0 Å². The van der Waals surface area contributed by atoms with Gasteiger partial charge in [-0.3, -0.25) is 4.90 Å². The molecule has 5 rings (SSSR count). The lowest BCUT2D eigenvalue weighted by molar-refractivity contribution is 0.222. The third-order valence-electron chi connectivity index (χ3n) is 6.72. The number of anilines is 1. The number of benzene rings is 3. The van der Waals surface area contributed by atoms with Gasteiger partial charge in [-0.15, -0.1) is 0 Å². The number of aryl methyl sites for hydroxylation is 2. The molecule has 148 valence electrons. The van der Waals surface area contributed by atoms with E-state index in [4.69, 9.17) is 0 Å². The van der Waals surface area contributed by atoms with Crippen LogP contribution in [0, 0.1) is 25.7 Å². The number of rotatable bonds is 6. The minimum Gasteiger partial charge on any atom is -0.371 e. The Balaban J connectivity index is 1.31. The van der Waals surface area contributed by atoms with Crippen molar-refractivity contribution >= 4 is 5.69 Å². The van der Waals surface area contributed by atoms with E-state index in [9.17, 15) is 0 Å². The number of fused-ring (bicyclic) bond motifs is 1. The highest BCUT2D eigenvalue weighted by atomic mass is 15.3. The van der Waals surface area contributed by atoms with E-state index in [1.54, 1.807) is 0 Å². The largest absolute Gasteiger partial charge is 0.371 e. The molecule has 0 bridgehead atoms. The van der Waals surface area contributed by atoms with Crippen LogP contribution in [0.5, 0.6) is 0 Å². The number of hydrogen-bond donors (Lipinski definition) is 0. The third kappa shape index (κ3) is 3.82. The molecule has 1 aliphatic carbocycles. The minimum atomic E-state index is 0.706. The summed E-state index contributed by atoms with van der Waals surface area (Å²) in [4.78, 5) is 5.34. The predicted octanol–water partition coefficient (Wildman–Crippen LogP) is 5.44. The van der Waals surface area contributed by atoms with E-state index in [0.29, 0.717) is 6.04 Å². The van der Waals surface area contributed by atoms with Crippen molar-refractivity contribution in [1.82, 2.24) is 4.90 Å². The molecule has 2 unspecified atom stereocenters. The van der Waals surface area contributed by atoms with Gasteiger partial charge in [0.15, 0.2) is 0 Å². The summed E-state index contributed by atoms with van der Waals surface area (Å²) in [5.74, 6) is 1.59. The molecule has 2 aliphatic rings. The summed E-state index contributed by atoms with van der Waals surface area (Å²) in [5.41, 5.74) is 7.03. The van der Waals surface area contributed by atoms with Crippen molar-refractivity contribution in [2.75, 3.05) is 18.0 Å². The smallest absolute Gasteiger partial charge is 0.0396 e. The van der Waals surface area contributed by atoms with E-state index in [1.165, 1.54) is 41.0 Å². The Morgan fingerprint density at radius 1 is 0.759 bits per heavy atom. The lowest BCUT2D eigenvalue weighted by atomic mass is 10.1. The summed E-state index contributed by atoms with van der Waals surface area (Å²) < 4.78 is 0. The molecule has 0 spiro atoms. The Morgan fingerprint density at radius 3 is 1.83 bits per heavy atom. The van der Waals surface area contributed by atoms with Crippen molar-refractivity contribution in [2.24, 2.45) is 11.8 Å². The minimum absolute atomic E-state index is 0.706. The van der Waals surface area contributed by atoms with Crippen LogP contribution in [0.25, 0.3) is 0 Å². The van der Waals surface area contributed by atoms with Gasteiger partial charge in [0.25, 0.3) is 0 Å². The van der Waals surface area contributed by atoms with Gasteiger partial charge in [-0.05, 0) is 48.4 Å². The molecular formula is C27H30N2. The van der Waals surface area contributed by atoms with Gasteiger partial charge in [0, 0.05) is 37.9 Å². The SMILES string of the molecule is Cc1ccc(N2CC3C(C2)C3N(Cc2ccccc2)Cc2ccccc2)c(C)c1. The van der Waals surface area contributed by atoms with Crippen molar-refractivity contribution in [1.29, 1.82) is 0 Å². The zero-order valence-corrected chi connectivity index (χ0v) is 17.5. The Kier molecular flexibility index (Phi) is 4.89. The highest BCUT2D eigenvalue weighted by Crippen LogP contribution is 2.51. The highest BCUT2D eigenvalue weighted by molar-refractivity contribution is 5.56. The van der Waals surface area contributed by atoms with Gasteiger partial charge in [0.2, 0.25) is 0 Å². The molecule has 1 saturated heterocycles. The van der Waals surface area contributed by atoms with Crippen molar-refractivity contribution < 1.29 is 0 Å². The predicted molar refractivity (Wildman–Crippen MR) is 121 cm³/mol. The zero-order valence-electron chi connectivity index (χ0n) is 17.5. The van der Waals surface area contributed by atoms with Crippen molar-refractivity contribution in [2.45, 2.75) is 33.0 Å². The summed E-state index contributed by atoms with van der Waals surface area (Å²) in [6.07, 6.45) is 0. The third-order valence-corrected chi connectivity index (χ3v) is 6.72. The molecule has 0 amide bonds. The van der Waals surface area contributed by atoms with Crippen molar-refractivity contribution in [3.8, 4) is 0 Å². The fourth-order valence-electron chi connectivity index (χ4n) is 5.30. The zero-order chi connectivity index (χ0) is 19.8. The van der Waals surface area contributed by atoms with E-state index >= 15 is 0 Å². The molecule has 2 heteroatoms. The van der Waals surface area contributed by atoms with Crippen LogP contribution >= 0.6 is 0 Å². The molecule has 2 atom stereocenters. The van der Waals surface area contributed by atoms with E-state index in [1.807, 2.05) is 0 Å². The fraction of sp³-hybridized carbons (Fsp3) is 0.333. The van der Waals surface area contributed by atoms with Gasteiger partial charge >= 0.3 is 0 Å². The molecule has 2 fully saturated rings. The van der Waals surface area contributed by atoms with Gasteiger partial charge < -0.3 is 4.90 Å². The van der Waals surface area contributed by atoms with Gasteiger partial charge in [0.05, 0.1) is 0 Å². The number of nitrogens with zero attached hydrogens (tertiary/aromatic N) is 2. The summed E-state index contributed by atoms with van der Waals surface area (Å²) in [6.45, 7) is 8.90. The molecule has 0 N–H and O–H groups in total. The lowest BCUT2D eigenvalue weighted by Crippen LogP contribution is -2.34. The average molecular weight is 383 g/mol. The maximum atomic E-state index is 2.72. The topological polar surface area (TPSA) is 6.48 Å². The summed E-state index contributed by atoms with van der Waals surface area (Å²) in [5, 5.41) is 0. The Morgan fingerprint density at radius 2 is 1.31 bits per heavy atom. The Labute approximate surface area is 174 Å². The molecule has 29 heavy (non-hydrogen) atoms. The van der Waals surface area contributed by atoms with Crippen LogP contribution in [0.4, 0.5) is 5.69 Å². The van der Waals surface area contributed by atoms with Gasteiger partial charge in [0.1, 0.15) is 0 Å². The van der Waals surface area contributed by atoms with Crippen molar-refractivity contribution in [3.05, 3.63) is 101 Å². The summed E-state index contributed by atoms with van der Waals surface area (Å²) in [7, 11) is 0. The monoisotopic (exact) mass is 382 g/mol. The number of piperidine rings is 1. The molecule has 3 aromatic rings. The van der Waals surface area contributed by atoms with Gasteiger partial charge in [-0.1, -0.05) is 78.4 Å². The summed E-state index contributed by atoms with van der Waals surface area (Å²) in [6, 6.07) is 29.5. The first-order chi connectivity index (χ1) is 14.2. The number of hydrogen-bond acceptors (Lipinski definition) is 2. The van der Waals surface area contributed by atoms with Crippen LogP contribution in [-0.4, -0.2) is 24.0 Å². The van der Waals surface area contributed by atoms with Crippen LogP contribution in [0.2, 0.25) is 0 Å². The second-order valence-electron chi connectivity index (χ2n) is 8.89. The van der Waals surface area contributed by atoms with Gasteiger partial charge in [-0.25, -0.2) is 0 Å². The lowest BCUT2D eigenvalue weighted by Gasteiger charge is -2.29. The van der Waals surface area contributed by atoms with E-state index in [-0.39, 0.29) is 0 Å². The van der Waals surface area contributed by atoms with Crippen LogP contribution < -0.4 is 4.90 Å². The first-order valence-electron chi connectivity index (χ1n) is 10.8. The molecule has 0 radical (unpaired) electrons. The highest BCUT2D eigenvalue weighted by Gasteiger charge is 2.58. The molecule has 1 saturated carbocycles. The second kappa shape index (κ2) is 7.68. The second-order valence-corrected chi connectivity index (χ2v) is 8.89. The van der Waals surface area contributed by atoms with Crippen LogP contribution in [-0.2, 0) is 13.1 Å². The first-order valence-corrected chi connectivity index (χ1v) is 10.8. The van der Waals surface area contributed by atoms with E-state index in [2.05, 4.69) is 103 Å². The van der Waals surface area contributed by atoms with E-state index < -0.39 is 0 Å². The van der Waals surface area contributed by atoms with Crippen LogP contribution in [0.1, 0.15) is 22.3 Å².